The number of benzene rings is 2. The van der Waals surface area contributed by atoms with Crippen LogP contribution in [-0.2, 0) is 26.1 Å². The average molecular weight is 465 g/mol. The lowest BCUT2D eigenvalue weighted by Gasteiger charge is -2.22. The van der Waals surface area contributed by atoms with Crippen LogP contribution < -0.4 is 0 Å². The van der Waals surface area contributed by atoms with Gasteiger partial charge in [-0.15, -0.1) is 0 Å². The summed E-state index contributed by atoms with van der Waals surface area (Å²) in [6.45, 7) is 3.52. The minimum Gasteiger partial charge on any atom is -0.337 e. The van der Waals surface area contributed by atoms with E-state index in [0.717, 1.165) is 44.5 Å². The molecule has 0 spiro atoms. The van der Waals surface area contributed by atoms with Gasteiger partial charge in [-0.25, -0.2) is 16.8 Å². The molecule has 2 aromatic carbocycles. The first-order valence-electron chi connectivity index (χ1n) is 10.1. The van der Waals surface area contributed by atoms with Crippen LogP contribution in [0.3, 0.4) is 0 Å². The number of rotatable bonds is 6. The van der Waals surface area contributed by atoms with Crippen molar-refractivity contribution in [2.75, 3.05) is 45.2 Å². The molecule has 0 N–H and O–H groups in total. The molecule has 0 unspecified atom stereocenters. The minimum atomic E-state index is -3.67. The third-order valence-electron chi connectivity index (χ3n) is 5.42. The summed E-state index contributed by atoms with van der Waals surface area (Å²) in [5.74, 6) is -0.347. The van der Waals surface area contributed by atoms with Crippen molar-refractivity contribution in [1.82, 2.24) is 9.80 Å². The summed E-state index contributed by atoms with van der Waals surface area (Å²) in [6, 6.07) is 13.9. The molecule has 0 aromatic heterocycles. The first-order chi connectivity index (χ1) is 14.5. The van der Waals surface area contributed by atoms with Crippen LogP contribution in [-0.4, -0.2) is 77.8 Å². The highest BCUT2D eigenvalue weighted by Crippen LogP contribution is 2.21. The molecule has 1 aliphatic rings. The van der Waals surface area contributed by atoms with Gasteiger partial charge in [-0.05, 0) is 43.1 Å². The second kappa shape index (κ2) is 9.50. The first-order valence-corrected chi connectivity index (χ1v) is 13.9. The van der Waals surface area contributed by atoms with Crippen LogP contribution in [0.4, 0.5) is 0 Å². The maximum absolute atomic E-state index is 13.1. The number of hydrogen-bond acceptors (Lipinski definition) is 6. The Morgan fingerprint density at radius 3 is 2.03 bits per heavy atom. The maximum Gasteiger partial charge on any atom is 0.253 e. The van der Waals surface area contributed by atoms with Crippen LogP contribution in [0.1, 0.15) is 22.3 Å². The van der Waals surface area contributed by atoms with Crippen molar-refractivity contribution in [3.8, 4) is 0 Å². The smallest absolute Gasteiger partial charge is 0.253 e. The van der Waals surface area contributed by atoms with E-state index < -0.39 is 19.7 Å². The molecule has 2 aromatic rings. The fourth-order valence-corrected chi connectivity index (χ4v) is 5.07. The van der Waals surface area contributed by atoms with Gasteiger partial charge in [0.1, 0.15) is 0 Å². The molecule has 9 heteroatoms. The quantitative estimate of drug-likeness (QED) is 0.648. The van der Waals surface area contributed by atoms with Crippen molar-refractivity contribution in [2.24, 2.45) is 0 Å². The molecule has 168 valence electrons. The summed E-state index contributed by atoms with van der Waals surface area (Å²) >= 11 is 0. The molecule has 0 radical (unpaired) electrons. The lowest BCUT2D eigenvalue weighted by atomic mass is 10.1. The topological polar surface area (TPSA) is 91.8 Å². The predicted octanol–water partition coefficient (Wildman–Crippen LogP) is 1.88. The van der Waals surface area contributed by atoms with Gasteiger partial charge in [0, 0.05) is 44.3 Å². The molecule has 0 saturated carbocycles. The largest absolute Gasteiger partial charge is 0.337 e. The standard InChI is InChI=1S/C22H28N2O5S2/c1-30(26,27)20-15-19(16-21(17-20)31(2,28)29)22(25)24-11-6-10-23(13-14-24)12-9-18-7-4-3-5-8-18/h3-5,7-8,15-17H,6,9-14H2,1-2H3. The Hall–Kier alpha value is -2.23. The Morgan fingerprint density at radius 2 is 1.45 bits per heavy atom. The average Bonchev–Trinajstić information content (AvgIpc) is 2.96. The molecule has 3 rings (SSSR count). The number of carbonyl (C=O) groups is 1. The van der Waals surface area contributed by atoms with E-state index in [2.05, 4.69) is 17.0 Å². The molecule has 31 heavy (non-hydrogen) atoms. The Balaban J connectivity index is 1.74. The molecule has 1 heterocycles. The van der Waals surface area contributed by atoms with Gasteiger partial charge < -0.3 is 9.80 Å². The number of amides is 1. The van der Waals surface area contributed by atoms with Gasteiger partial charge >= 0.3 is 0 Å². The van der Waals surface area contributed by atoms with Crippen molar-refractivity contribution in [1.29, 1.82) is 0 Å². The Labute approximate surface area is 184 Å². The number of nitrogens with zero attached hydrogens (tertiary/aromatic N) is 2. The van der Waals surface area contributed by atoms with Crippen LogP contribution in [0.15, 0.2) is 58.3 Å². The van der Waals surface area contributed by atoms with E-state index in [9.17, 15) is 21.6 Å². The minimum absolute atomic E-state index is 0.0843. The Morgan fingerprint density at radius 1 is 0.839 bits per heavy atom. The van der Waals surface area contributed by atoms with Gasteiger partial charge in [-0.1, -0.05) is 30.3 Å². The summed E-state index contributed by atoms with van der Waals surface area (Å²) in [7, 11) is -7.33. The molecular weight excluding hydrogens is 436 g/mol. The van der Waals surface area contributed by atoms with Crippen molar-refractivity contribution in [2.45, 2.75) is 22.6 Å². The van der Waals surface area contributed by atoms with E-state index in [1.54, 1.807) is 4.90 Å². The van der Waals surface area contributed by atoms with Crippen LogP contribution in [0.25, 0.3) is 0 Å². The van der Waals surface area contributed by atoms with Crippen molar-refractivity contribution in [3.05, 3.63) is 59.7 Å². The summed E-state index contributed by atoms with van der Waals surface area (Å²) < 4.78 is 48.1. The number of hydrogen-bond donors (Lipinski definition) is 0. The fourth-order valence-electron chi connectivity index (χ4n) is 3.64. The van der Waals surface area contributed by atoms with Gasteiger partial charge in [0.2, 0.25) is 0 Å². The third kappa shape index (κ3) is 6.38. The number of carbonyl (C=O) groups excluding carboxylic acids is 1. The molecule has 1 aliphatic heterocycles. The van der Waals surface area contributed by atoms with Crippen molar-refractivity contribution in [3.63, 3.8) is 0 Å². The van der Waals surface area contributed by atoms with Gasteiger partial charge in [0.05, 0.1) is 9.79 Å². The Kier molecular flexibility index (Phi) is 7.18. The second-order valence-electron chi connectivity index (χ2n) is 7.96. The molecule has 0 bridgehead atoms. The van der Waals surface area contributed by atoms with Gasteiger partial charge in [-0.3, -0.25) is 4.79 Å². The fraction of sp³-hybridized carbons (Fsp3) is 0.409. The van der Waals surface area contributed by atoms with Crippen molar-refractivity contribution < 1.29 is 21.6 Å². The molecular formula is C22H28N2O5S2. The molecule has 1 saturated heterocycles. The van der Waals surface area contributed by atoms with E-state index >= 15 is 0 Å². The molecule has 1 fully saturated rings. The van der Waals surface area contributed by atoms with Crippen molar-refractivity contribution >= 4 is 25.6 Å². The summed E-state index contributed by atoms with van der Waals surface area (Å²) in [6.07, 6.45) is 3.73. The van der Waals surface area contributed by atoms with Crippen LogP contribution in [0.5, 0.6) is 0 Å². The summed E-state index contributed by atoms with van der Waals surface area (Å²) in [5.41, 5.74) is 1.35. The number of sulfone groups is 2. The molecule has 1 amide bonds. The van der Waals surface area contributed by atoms with Crippen LogP contribution >= 0.6 is 0 Å². The van der Waals surface area contributed by atoms with E-state index in [1.165, 1.54) is 17.7 Å². The normalized spacial score (nSPS) is 16.1. The molecule has 7 nitrogen and oxygen atoms in total. The zero-order valence-corrected chi connectivity index (χ0v) is 19.5. The maximum atomic E-state index is 13.1. The van der Waals surface area contributed by atoms with Gasteiger partial charge in [0.15, 0.2) is 19.7 Å². The first kappa shape index (κ1) is 23.4. The third-order valence-corrected chi connectivity index (χ3v) is 7.60. The lowest BCUT2D eigenvalue weighted by molar-refractivity contribution is 0.0761. The predicted molar refractivity (Wildman–Crippen MR) is 120 cm³/mol. The highest BCUT2D eigenvalue weighted by Gasteiger charge is 2.24. The van der Waals surface area contributed by atoms with Crippen LogP contribution in [0, 0.1) is 0 Å². The highest BCUT2D eigenvalue weighted by atomic mass is 32.2. The van der Waals surface area contributed by atoms with Gasteiger partial charge in [-0.2, -0.15) is 0 Å². The highest BCUT2D eigenvalue weighted by molar-refractivity contribution is 7.91. The summed E-state index contributed by atoms with van der Waals surface area (Å²) in [4.78, 5) is 16.8. The molecule has 0 aliphatic carbocycles. The second-order valence-corrected chi connectivity index (χ2v) is 12.0. The lowest BCUT2D eigenvalue weighted by Crippen LogP contribution is -2.35. The Bertz CT molecular complexity index is 1100. The zero-order chi connectivity index (χ0) is 22.6. The summed E-state index contributed by atoms with van der Waals surface area (Å²) in [5, 5.41) is 0. The molecule has 0 atom stereocenters. The van der Waals surface area contributed by atoms with E-state index in [4.69, 9.17) is 0 Å². The SMILES string of the molecule is CS(=O)(=O)c1cc(C(=O)N2CCCN(CCc3ccccc3)CC2)cc(S(C)(=O)=O)c1. The van der Waals surface area contributed by atoms with E-state index in [0.29, 0.717) is 19.6 Å². The van der Waals surface area contributed by atoms with Gasteiger partial charge in [0.25, 0.3) is 5.91 Å². The van der Waals surface area contributed by atoms with E-state index in [1.807, 2.05) is 18.2 Å². The van der Waals surface area contributed by atoms with E-state index in [-0.39, 0.29) is 21.3 Å². The monoisotopic (exact) mass is 464 g/mol. The zero-order valence-electron chi connectivity index (χ0n) is 17.8. The van der Waals surface area contributed by atoms with Crippen LogP contribution in [0.2, 0.25) is 0 Å².